The van der Waals surface area contributed by atoms with Crippen molar-refractivity contribution in [2.24, 2.45) is 11.7 Å². The van der Waals surface area contributed by atoms with E-state index in [-0.39, 0.29) is 17.7 Å². The number of primary amides is 1. The Hall–Kier alpha value is -1.10. The van der Waals surface area contributed by atoms with Crippen LogP contribution in [0.3, 0.4) is 0 Å². The summed E-state index contributed by atoms with van der Waals surface area (Å²) < 4.78 is 0. The molecule has 1 rings (SSSR count). The molecule has 2 N–H and O–H groups in total. The zero-order valence-electron chi connectivity index (χ0n) is 12.4. The topological polar surface area (TPSA) is 66.6 Å². The second-order valence-corrected chi connectivity index (χ2v) is 5.35. The van der Waals surface area contributed by atoms with Crippen LogP contribution in [-0.2, 0) is 9.59 Å². The second-order valence-electron chi connectivity index (χ2n) is 5.35. The van der Waals surface area contributed by atoms with E-state index in [1.165, 1.54) is 0 Å². The zero-order valence-corrected chi connectivity index (χ0v) is 12.4. The van der Waals surface area contributed by atoms with Crippen LogP contribution in [0.2, 0.25) is 0 Å². The maximum Gasteiger partial charge on any atom is 0.222 e. The lowest BCUT2D eigenvalue weighted by molar-refractivity contribution is -0.130. The van der Waals surface area contributed by atoms with Crippen molar-refractivity contribution >= 4 is 11.8 Å². The molecule has 0 aromatic carbocycles. The van der Waals surface area contributed by atoms with E-state index < -0.39 is 0 Å². The third-order valence-corrected chi connectivity index (χ3v) is 4.12. The summed E-state index contributed by atoms with van der Waals surface area (Å²) in [7, 11) is 0. The molecule has 1 unspecified atom stereocenters. The number of nitrogens with zero attached hydrogens (tertiary/aromatic N) is 2. The van der Waals surface area contributed by atoms with Gasteiger partial charge in [-0.25, -0.2) is 0 Å². The van der Waals surface area contributed by atoms with Crippen LogP contribution in [0.15, 0.2) is 0 Å². The maximum atomic E-state index is 12.1. The van der Waals surface area contributed by atoms with Crippen molar-refractivity contribution < 1.29 is 9.59 Å². The van der Waals surface area contributed by atoms with Gasteiger partial charge in [-0.2, -0.15) is 0 Å². The minimum atomic E-state index is -0.324. The number of likely N-dealkylation sites (tertiary alicyclic amines) is 1. The first-order valence-corrected chi connectivity index (χ1v) is 7.30. The Kier molecular flexibility index (Phi) is 6.28. The molecule has 1 heterocycles. The Balaban J connectivity index is 2.37. The Bertz CT molecular complexity index is 316. The average molecular weight is 269 g/mol. The fraction of sp³-hybridized carbons (Fsp3) is 0.857. The van der Waals surface area contributed by atoms with Crippen molar-refractivity contribution in [1.29, 1.82) is 0 Å². The standard InChI is InChI=1S/C14H27N3O2/c1-4-16(5-2)12-8-9-17(10-12)13(18)7-6-11(3)14(15)19/h11-12H,4-10H2,1-3H3,(H2,15,19)/t11?,12-/m0/s1. The molecular weight excluding hydrogens is 242 g/mol. The lowest BCUT2D eigenvalue weighted by atomic mass is 10.0. The van der Waals surface area contributed by atoms with Crippen molar-refractivity contribution in [3.63, 3.8) is 0 Å². The van der Waals surface area contributed by atoms with Crippen LogP contribution >= 0.6 is 0 Å². The molecule has 1 fully saturated rings. The highest BCUT2D eigenvalue weighted by molar-refractivity contribution is 5.79. The van der Waals surface area contributed by atoms with E-state index in [4.69, 9.17) is 5.73 Å². The first-order valence-electron chi connectivity index (χ1n) is 7.30. The summed E-state index contributed by atoms with van der Waals surface area (Å²) in [5.74, 6) is -0.386. The molecule has 1 saturated heterocycles. The van der Waals surface area contributed by atoms with Gasteiger partial charge < -0.3 is 10.6 Å². The van der Waals surface area contributed by atoms with Crippen LogP contribution in [0, 0.1) is 5.92 Å². The van der Waals surface area contributed by atoms with Crippen LogP contribution in [0.25, 0.3) is 0 Å². The summed E-state index contributed by atoms with van der Waals surface area (Å²) in [6.45, 7) is 9.81. The summed E-state index contributed by atoms with van der Waals surface area (Å²) in [6, 6.07) is 0.493. The molecular formula is C14H27N3O2. The molecule has 0 bridgehead atoms. The number of hydrogen-bond donors (Lipinski definition) is 1. The number of likely N-dealkylation sites (N-methyl/N-ethyl adjacent to an activating group) is 1. The zero-order chi connectivity index (χ0) is 14.4. The second kappa shape index (κ2) is 7.48. The van der Waals surface area contributed by atoms with Crippen molar-refractivity contribution in [2.45, 2.75) is 46.1 Å². The Morgan fingerprint density at radius 1 is 1.37 bits per heavy atom. The molecule has 5 nitrogen and oxygen atoms in total. The first kappa shape index (κ1) is 16.0. The van der Waals surface area contributed by atoms with Gasteiger partial charge in [0.25, 0.3) is 0 Å². The minimum absolute atomic E-state index is 0.155. The largest absolute Gasteiger partial charge is 0.369 e. The number of hydrogen-bond acceptors (Lipinski definition) is 3. The predicted octanol–water partition coefficient (Wildman–Crippen LogP) is 0.831. The molecule has 0 aromatic heterocycles. The minimum Gasteiger partial charge on any atom is -0.369 e. The van der Waals surface area contributed by atoms with Gasteiger partial charge in [0.1, 0.15) is 0 Å². The van der Waals surface area contributed by atoms with E-state index in [1.54, 1.807) is 6.92 Å². The van der Waals surface area contributed by atoms with Gasteiger partial charge in [0, 0.05) is 31.5 Å². The molecule has 19 heavy (non-hydrogen) atoms. The van der Waals surface area contributed by atoms with Gasteiger partial charge in [-0.15, -0.1) is 0 Å². The van der Waals surface area contributed by atoms with Crippen LogP contribution in [0.1, 0.15) is 40.0 Å². The summed E-state index contributed by atoms with van der Waals surface area (Å²) >= 11 is 0. The Morgan fingerprint density at radius 3 is 2.53 bits per heavy atom. The molecule has 0 spiro atoms. The van der Waals surface area contributed by atoms with Crippen molar-refractivity contribution in [3.8, 4) is 0 Å². The molecule has 5 heteroatoms. The number of carbonyl (C=O) groups is 2. The molecule has 2 atom stereocenters. The fourth-order valence-corrected chi connectivity index (χ4v) is 2.65. The molecule has 0 aromatic rings. The van der Waals surface area contributed by atoms with Gasteiger partial charge in [-0.1, -0.05) is 20.8 Å². The summed E-state index contributed by atoms with van der Waals surface area (Å²) in [5.41, 5.74) is 5.20. The van der Waals surface area contributed by atoms with E-state index in [0.29, 0.717) is 18.9 Å². The van der Waals surface area contributed by atoms with Gasteiger partial charge in [0.15, 0.2) is 0 Å². The van der Waals surface area contributed by atoms with Gasteiger partial charge >= 0.3 is 0 Å². The van der Waals surface area contributed by atoms with Gasteiger partial charge in [-0.3, -0.25) is 14.5 Å². The Morgan fingerprint density at radius 2 is 2.00 bits per heavy atom. The van der Waals surface area contributed by atoms with Crippen LogP contribution in [-0.4, -0.2) is 53.8 Å². The highest BCUT2D eigenvalue weighted by Gasteiger charge is 2.29. The highest BCUT2D eigenvalue weighted by Crippen LogP contribution is 2.17. The third-order valence-electron chi connectivity index (χ3n) is 4.12. The van der Waals surface area contributed by atoms with Crippen molar-refractivity contribution in [1.82, 2.24) is 9.80 Å². The van der Waals surface area contributed by atoms with Gasteiger partial charge in [0.05, 0.1) is 0 Å². The lowest BCUT2D eigenvalue weighted by Crippen LogP contribution is -2.38. The SMILES string of the molecule is CCN(CC)[C@H]1CCN(C(=O)CCC(C)C(N)=O)C1. The van der Waals surface area contributed by atoms with Crippen molar-refractivity contribution in [2.75, 3.05) is 26.2 Å². The third kappa shape index (κ3) is 4.49. The van der Waals surface area contributed by atoms with Crippen molar-refractivity contribution in [3.05, 3.63) is 0 Å². The van der Waals surface area contributed by atoms with E-state index in [9.17, 15) is 9.59 Å². The van der Waals surface area contributed by atoms with E-state index >= 15 is 0 Å². The quantitative estimate of drug-likeness (QED) is 0.744. The lowest BCUT2D eigenvalue weighted by Gasteiger charge is -2.26. The average Bonchev–Trinajstić information content (AvgIpc) is 2.86. The fourth-order valence-electron chi connectivity index (χ4n) is 2.65. The summed E-state index contributed by atoms with van der Waals surface area (Å²) in [4.78, 5) is 27.3. The van der Waals surface area contributed by atoms with Crippen LogP contribution in [0.4, 0.5) is 0 Å². The van der Waals surface area contributed by atoms with Gasteiger partial charge in [-0.05, 0) is 25.9 Å². The first-order chi connectivity index (χ1) is 8.99. The molecule has 2 amide bonds. The summed E-state index contributed by atoms with van der Waals surface area (Å²) in [6.07, 6.45) is 2.04. The maximum absolute atomic E-state index is 12.1. The van der Waals surface area contributed by atoms with Crippen LogP contribution in [0.5, 0.6) is 0 Å². The summed E-state index contributed by atoms with van der Waals surface area (Å²) in [5, 5.41) is 0. The van der Waals surface area contributed by atoms with E-state index in [2.05, 4.69) is 18.7 Å². The highest BCUT2D eigenvalue weighted by atomic mass is 16.2. The smallest absolute Gasteiger partial charge is 0.222 e. The normalized spacial score (nSPS) is 20.8. The number of amides is 2. The van der Waals surface area contributed by atoms with E-state index in [1.807, 2.05) is 4.90 Å². The number of rotatable bonds is 7. The molecule has 1 aliphatic heterocycles. The molecule has 0 saturated carbocycles. The Labute approximate surface area is 116 Å². The number of nitrogens with two attached hydrogens (primary N) is 1. The van der Waals surface area contributed by atoms with Gasteiger partial charge in [0.2, 0.25) is 11.8 Å². The molecule has 0 aliphatic carbocycles. The monoisotopic (exact) mass is 269 g/mol. The molecule has 1 aliphatic rings. The molecule has 0 radical (unpaired) electrons. The number of carbonyl (C=O) groups excluding carboxylic acids is 2. The molecule has 110 valence electrons. The van der Waals surface area contributed by atoms with Crippen LogP contribution < -0.4 is 5.73 Å². The van der Waals surface area contributed by atoms with E-state index in [0.717, 1.165) is 32.6 Å². The predicted molar refractivity (Wildman–Crippen MR) is 75.5 cm³/mol.